The SMILES string of the molecule is O=C(N/N=C/c1ccc(Cl)cc1)c1cccc(-[n+]2cc(=O)o[nH]2)c1. The Balaban J connectivity index is 1.71. The van der Waals surface area contributed by atoms with Crippen molar-refractivity contribution in [1.29, 1.82) is 0 Å². The summed E-state index contributed by atoms with van der Waals surface area (Å²) in [7, 11) is 0. The molecule has 2 N–H and O–H groups in total. The van der Waals surface area contributed by atoms with Crippen LogP contribution in [0.3, 0.4) is 0 Å². The predicted molar refractivity (Wildman–Crippen MR) is 87.4 cm³/mol. The maximum absolute atomic E-state index is 12.1. The van der Waals surface area contributed by atoms with Gasteiger partial charge in [0, 0.05) is 22.7 Å². The summed E-state index contributed by atoms with van der Waals surface area (Å²) in [5.41, 5.74) is 3.69. The molecule has 0 atom stereocenters. The molecule has 0 aliphatic rings. The van der Waals surface area contributed by atoms with Crippen LogP contribution < -0.4 is 15.7 Å². The molecule has 0 saturated carbocycles. The lowest BCUT2D eigenvalue weighted by molar-refractivity contribution is -0.670. The number of hydrogen-bond donors (Lipinski definition) is 2. The smallest absolute Gasteiger partial charge is 0.283 e. The molecule has 0 radical (unpaired) electrons. The number of aromatic nitrogens is 2. The normalized spacial score (nSPS) is 10.9. The van der Waals surface area contributed by atoms with Crippen molar-refractivity contribution in [2.75, 3.05) is 0 Å². The molecular weight excluding hydrogens is 332 g/mol. The van der Waals surface area contributed by atoms with Crippen molar-refractivity contribution in [3.63, 3.8) is 0 Å². The maximum Gasteiger partial charge on any atom is 0.427 e. The molecule has 3 rings (SSSR count). The zero-order chi connectivity index (χ0) is 16.9. The fourth-order valence-corrected chi connectivity index (χ4v) is 2.08. The Hall–Kier alpha value is -3.19. The third-order valence-electron chi connectivity index (χ3n) is 3.12. The summed E-state index contributed by atoms with van der Waals surface area (Å²) in [6.45, 7) is 0. The molecule has 0 aliphatic heterocycles. The van der Waals surface area contributed by atoms with Crippen LogP contribution in [-0.2, 0) is 0 Å². The van der Waals surface area contributed by atoms with E-state index in [2.05, 4.69) is 20.3 Å². The second kappa shape index (κ2) is 6.93. The van der Waals surface area contributed by atoms with Gasteiger partial charge in [0.15, 0.2) is 0 Å². The molecule has 1 amide bonds. The van der Waals surface area contributed by atoms with Gasteiger partial charge in [-0.3, -0.25) is 9.32 Å². The number of rotatable bonds is 4. The van der Waals surface area contributed by atoms with Gasteiger partial charge in [0.2, 0.25) is 5.69 Å². The molecule has 24 heavy (non-hydrogen) atoms. The quantitative estimate of drug-likeness (QED) is 0.429. The van der Waals surface area contributed by atoms with Crippen LogP contribution in [-0.4, -0.2) is 17.4 Å². The molecule has 0 saturated heterocycles. The number of halogens is 1. The lowest BCUT2D eigenvalue weighted by atomic mass is 10.2. The first kappa shape index (κ1) is 15.7. The van der Waals surface area contributed by atoms with Crippen LogP contribution in [0.25, 0.3) is 5.69 Å². The third-order valence-corrected chi connectivity index (χ3v) is 3.37. The van der Waals surface area contributed by atoms with Gasteiger partial charge < -0.3 is 0 Å². The van der Waals surface area contributed by atoms with E-state index in [-0.39, 0.29) is 5.91 Å². The van der Waals surface area contributed by atoms with Crippen molar-refractivity contribution in [2.24, 2.45) is 5.10 Å². The van der Waals surface area contributed by atoms with Gasteiger partial charge in [0.05, 0.1) is 6.21 Å². The molecule has 0 spiro atoms. The Bertz CT molecular complexity index is 944. The van der Waals surface area contributed by atoms with Gasteiger partial charge in [-0.05, 0) is 33.7 Å². The number of hydrogen-bond acceptors (Lipinski definition) is 4. The maximum atomic E-state index is 12.1. The molecule has 2 aromatic carbocycles. The van der Waals surface area contributed by atoms with E-state index in [0.717, 1.165) is 5.56 Å². The summed E-state index contributed by atoms with van der Waals surface area (Å²) in [4.78, 5) is 23.2. The zero-order valence-corrected chi connectivity index (χ0v) is 13.0. The Kier molecular flexibility index (Phi) is 4.53. The molecule has 8 heteroatoms. The first-order valence-corrected chi connectivity index (χ1v) is 7.29. The van der Waals surface area contributed by atoms with Crippen molar-refractivity contribution in [2.45, 2.75) is 0 Å². The molecule has 0 unspecified atom stereocenters. The van der Waals surface area contributed by atoms with Gasteiger partial charge in [-0.15, -0.1) is 0 Å². The number of nitrogens with one attached hydrogen (secondary N) is 2. The Morgan fingerprint density at radius 1 is 1.25 bits per heavy atom. The Morgan fingerprint density at radius 3 is 2.75 bits per heavy atom. The average Bonchev–Trinajstić information content (AvgIpc) is 3.03. The van der Waals surface area contributed by atoms with Gasteiger partial charge >= 0.3 is 5.63 Å². The summed E-state index contributed by atoms with van der Waals surface area (Å²) >= 11 is 5.80. The molecular formula is C16H12ClN4O3+. The van der Waals surface area contributed by atoms with Gasteiger partial charge in [-0.1, -0.05) is 29.8 Å². The summed E-state index contributed by atoms with van der Waals surface area (Å²) in [5, 5.41) is 6.95. The lowest BCUT2D eigenvalue weighted by Crippen LogP contribution is -2.32. The number of aromatic amines is 1. The average molecular weight is 344 g/mol. The molecule has 0 bridgehead atoms. The van der Waals surface area contributed by atoms with Crippen LogP contribution in [0.5, 0.6) is 0 Å². The second-order valence-electron chi connectivity index (χ2n) is 4.81. The Labute approximate surface area is 141 Å². The molecule has 0 aliphatic carbocycles. The highest BCUT2D eigenvalue weighted by Gasteiger charge is 2.13. The molecule has 120 valence electrons. The van der Waals surface area contributed by atoms with E-state index in [9.17, 15) is 9.59 Å². The zero-order valence-electron chi connectivity index (χ0n) is 12.3. The molecule has 1 heterocycles. The highest BCUT2D eigenvalue weighted by Crippen LogP contribution is 2.08. The fraction of sp³-hybridized carbons (Fsp3) is 0. The number of hydrazone groups is 1. The fourth-order valence-electron chi connectivity index (χ4n) is 1.96. The molecule has 7 nitrogen and oxygen atoms in total. The van der Waals surface area contributed by atoms with Gasteiger partial charge in [0.25, 0.3) is 12.1 Å². The largest absolute Gasteiger partial charge is 0.427 e. The first-order chi connectivity index (χ1) is 11.6. The van der Waals surface area contributed by atoms with E-state index >= 15 is 0 Å². The number of nitrogens with zero attached hydrogens (tertiary/aromatic N) is 2. The van der Waals surface area contributed by atoms with E-state index in [1.807, 2.05) is 0 Å². The molecule has 3 aromatic rings. The van der Waals surface area contributed by atoms with Crippen molar-refractivity contribution < 1.29 is 14.0 Å². The molecule has 1 aromatic heterocycles. The van der Waals surface area contributed by atoms with E-state index in [1.165, 1.54) is 17.1 Å². The van der Waals surface area contributed by atoms with Crippen molar-refractivity contribution >= 4 is 23.7 Å². The van der Waals surface area contributed by atoms with E-state index < -0.39 is 5.63 Å². The summed E-state index contributed by atoms with van der Waals surface area (Å²) in [5.74, 6) is -0.381. The standard InChI is InChI=1S/C16H11ClN4O3/c17-13-6-4-11(5-7-13)9-18-19-16(23)12-2-1-3-14(8-12)21-10-15(22)24-20-21/h1-10H,(H-,19,20,22,23)/p+1/b18-9+. The summed E-state index contributed by atoms with van der Waals surface area (Å²) < 4.78 is 5.96. The molecule has 0 fully saturated rings. The van der Waals surface area contributed by atoms with Crippen molar-refractivity contribution in [3.8, 4) is 5.69 Å². The highest BCUT2D eigenvalue weighted by molar-refractivity contribution is 6.30. The van der Waals surface area contributed by atoms with Gasteiger partial charge in [0.1, 0.15) is 0 Å². The second-order valence-corrected chi connectivity index (χ2v) is 5.25. The first-order valence-electron chi connectivity index (χ1n) is 6.91. The van der Waals surface area contributed by atoms with E-state index in [4.69, 9.17) is 11.6 Å². The number of amides is 1. The Morgan fingerprint density at radius 2 is 2.04 bits per heavy atom. The summed E-state index contributed by atoms with van der Waals surface area (Å²) in [6.07, 6.45) is 2.75. The minimum atomic E-state index is -0.516. The van der Waals surface area contributed by atoms with Crippen LogP contribution >= 0.6 is 11.6 Å². The third kappa shape index (κ3) is 3.76. The van der Waals surface area contributed by atoms with Crippen molar-refractivity contribution in [3.05, 3.63) is 81.3 Å². The van der Waals surface area contributed by atoms with Crippen LogP contribution in [0.4, 0.5) is 0 Å². The van der Waals surface area contributed by atoms with E-state index in [0.29, 0.717) is 16.3 Å². The van der Waals surface area contributed by atoms with Gasteiger partial charge in [-0.2, -0.15) is 5.10 Å². The van der Waals surface area contributed by atoms with Crippen LogP contribution in [0.2, 0.25) is 5.02 Å². The number of benzene rings is 2. The highest BCUT2D eigenvalue weighted by atomic mass is 35.5. The lowest BCUT2D eigenvalue weighted by Gasteiger charge is -1.99. The van der Waals surface area contributed by atoms with Gasteiger partial charge in [-0.25, -0.2) is 10.2 Å². The van der Waals surface area contributed by atoms with Crippen LogP contribution in [0, 0.1) is 0 Å². The minimum absolute atomic E-state index is 0.381. The topological polar surface area (TPSA) is 91.3 Å². The predicted octanol–water partition coefficient (Wildman–Crippen LogP) is 1.66. The summed E-state index contributed by atoms with van der Waals surface area (Å²) in [6, 6.07) is 13.7. The minimum Gasteiger partial charge on any atom is -0.283 e. The van der Waals surface area contributed by atoms with Crippen LogP contribution in [0.1, 0.15) is 15.9 Å². The number of H-pyrrole nitrogens is 1. The monoisotopic (exact) mass is 343 g/mol. The van der Waals surface area contributed by atoms with Crippen LogP contribution in [0.15, 0.2) is 69.1 Å². The van der Waals surface area contributed by atoms with E-state index in [1.54, 1.807) is 48.5 Å². The van der Waals surface area contributed by atoms with Crippen molar-refractivity contribution in [1.82, 2.24) is 10.7 Å². The number of carbonyl (C=O) groups is 1. The number of carbonyl (C=O) groups excluding carboxylic acids is 1.